The summed E-state index contributed by atoms with van der Waals surface area (Å²) in [6.45, 7) is 3.50. The Balaban J connectivity index is 1.85. The van der Waals surface area contributed by atoms with Gasteiger partial charge in [0.15, 0.2) is 0 Å². The maximum absolute atomic E-state index is 12.4. The molecule has 1 aromatic carbocycles. The molecule has 1 unspecified atom stereocenters. The molecule has 1 fully saturated rings. The summed E-state index contributed by atoms with van der Waals surface area (Å²) in [6, 6.07) is 6.03. The van der Waals surface area contributed by atoms with Crippen molar-refractivity contribution in [3.8, 4) is 5.75 Å². The zero-order valence-corrected chi connectivity index (χ0v) is 15.8. The van der Waals surface area contributed by atoms with Gasteiger partial charge in [-0.1, -0.05) is 11.6 Å². The first kappa shape index (κ1) is 19.0. The number of likely N-dealkylation sites (tertiary alicyclic amines) is 1. The average molecular weight is 354 g/mol. The van der Waals surface area contributed by atoms with Crippen LogP contribution in [-0.2, 0) is 11.3 Å². The lowest BCUT2D eigenvalue weighted by atomic mass is 10.2. The van der Waals surface area contributed by atoms with E-state index in [0.29, 0.717) is 24.0 Å². The summed E-state index contributed by atoms with van der Waals surface area (Å²) < 4.78 is 5.35. The molecule has 0 radical (unpaired) electrons. The van der Waals surface area contributed by atoms with Crippen LogP contribution in [0.3, 0.4) is 0 Å². The van der Waals surface area contributed by atoms with Crippen LogP contribution in [0.1, 0.15) is 18.4 Å². The topological polar surface area (TPSA) is 36.0 Å². The highest BCUT2D eigenvalue weighted by Gasteiger charge is 2.23. The van der Waals surface area contributed by atoms with Crippen LogP contribution in [0.2, 0.25) is 5.02 Å². The minimum Gasteiger partial charge on any atom is -0.496 e. The molecule has 1 heterocycles. The van der Waals surface area contributed by atoms with E-state index in [1.54, 1.807) is 18.1 Å². The summed E-state index contributed by atoms with van der Waals surface area (Å²) in [6.07, 6.45) is 1.70. The summed E-state index contributed by atoms with van der Waals surface area (Å²) in [5.41, 5.74) is 0.923. The number of carbonyl (C=O) groups is 1. The van der Waals surface area contributed by atoms with Gasteiger partial charge in [-0.15, -0.1) is 0 Å². The minimum absolute atomic E-state index is 0.134. The SMILES string of the molecule is COc1ccc(Cl)cc1CN(C)C(=O)CCN(C)C1CCN(C)C1. The van der Waals surface area contributed by atoms with Crippen LogP contribution in [0.5, 0.6) is 5.75 Å². The smallest absolute Gasteiger partial charge is 0.223 e. The van der Waals surface area contributed by atoms with Gasteiger partial charge < -0.3 is 19.4 Å². The van der Waals surface area contributed by atoms with Crippen molar-refractivity contribution in [1.29, 1.82) is 0 Å². The third kappa shape index (κ3) is 5.10. The number of amides is 1. The van der Waals surface area contributed by atoms with E-state index >= 15 is 0 Å². The molecule has 0 saturated carbocycles. The maximum Gasteiger partial charge on any atom is 0.223 e. The van der Waals surface area contributed by atoms with Gasteiger partial charge in [0.1, 0.15) is 5.75 Å². The van der Waals surface area contributed by atoms with E-state index < -0.39 is 0 Å². The van der Waals surface area contributed by atoms with E-state index in [0.717, 1.165) is 30.9 Å². The molecule has 1 aliphatic rings. The van der Waals surface area contributed by atoms with E-state index in [4.69, 9.17) is 16.3 Å². The van der Waals surface area contributed by atoms with Gasteiger partial charge in [0.05, 0.1) is 7.11 Å². The number of benzene rings is 1. The third-order valence-corrected chi connectivity index (χ3v) is 4.98. The lowest BCUT2D eigenvalue weighted by molar-refractivity contribution is -0.130. The van der Waals surface area contributed by atoms with Gasteiger partial charge in [-0.25, -0.2) is 0 Å². The average Bonchev–Trinajstić information content (AvgIpc) is 2.99. The van der Waals surface area contributed by atoms with Crippen molar-refractivity contribution < 1.29 is 9.53 Å². The van der Waals surface area contributed by atoms with Gasteiger partial charge >= 0.3 is 0 Å². The largest absolute Gasteiger partial charge is 0.496 e. The first-order valence-corrected chi connectivity index (χ1v) is 8.73. The van der Waals surface area contributed by atoms with E-state index in [1.165, 1.54) is 6.42 Å². The molecule has 134 valence electrons. The first-order chi connectivity index (χ1) is 11.4. The molecule has 1 atom stereocenters. The zero-order valence-electron chi connectivity index (χ0n) is 15.1. The van der Waals surface area contributed by atoms with Crippen LogP contribution in [0, 0.1) is 0 Å². The first-order valence-electron chi connectivity index (χ1n) is 8.36. The molecule has 24 heavy (non-hydrogen) atoms. The van der Waals surface area contributed by atoms with Crippen molar-refractivity contribution >= 4 is 17.5 Å². The Morgan fingerprint density at radius 1 is 1.42 bits per heavy atom. The molecule has 0 aliphatic carbocycles. The summed E-state index contributed by atoms with van der Waals surface area (Å²) in [5, 5.41) is 0.650. The van der Waals surface area contributed by atoms with Crippen molar-refractivity contribution in [1.82, 2.24) is 14.7 Å². The number of rotatable bonds is 7. The van der Waals surface area contributed by atoms with Gasteiger partial charge in [0.2, 0.25) is 5.91 Å². The molecule has 0 aromatic heterocycles. The fraction of sp³-hybridized carbons (Fsp3) is 0.611. The number of likely N-dealkylation sites (N-methyl/N-ethyl adjacent to an activating group) is 2. The molecule has 1 aliphatic heterocycles. The molecule has 2 rings (SSSR count). The summed E-state index contributed by atoms with van der Waals surface area (Å²) in [4.78, 5) is 18.8. The van der Waals surface area contributed by atoms with E-state index in [2.05, 4.69) is 23.9 Å². The lowest BCUT2D eigenvalue weighted by Gasteiger charge is -2.25. The second kappa shape index (κ2) is 8.70. The number of ether oxygens (including phenoxy) is 1. The Labute approximate surface area is 150 Å². The van der Waals surface area contributed by atoms with Crippen LogP contribution in [0.25, 0.3) is 0 Å². The van der Waals surface area contributed by atoms with Crippen LogP contribution in [0.15, 0.2) is 18.2 Å². The highest BCUT2D eigenvalue weighted by atomic mass is 35.5. The van der Waals surface area contributed by atoms with E-state index in [1.807, 2.05) is 19.2 Å². The standard InChI is InChI=1S/C18H28ClN3O2/c1-20-9-7-16(13-20)21(2)10-8-18(23)22(3)12-14-11-15(19)5-6-17(14)24-4/h5-6,11,16H,7-10,12-13H2,1-4H3. The highest BCUT2D eigenvalue weighted by molar-refractivity contribution is 6.30. The molecule has 1 saturated heterocycles. The summed E-state index contributed by atoms with van der Waals surface area (Å²) >= 11 is 6.05. The van der Waals surface area contributed by atoms with Gasteiger partial charge in [-0.05, 0) is 45.3 Å². The van der Waals surface area contributed by atoms with E-state index in [-0.39, 0.29) is 5.91 Å². The lowest BCUT2D eigenvalue weighted by Crippen LogP contribution is -2.37. The number of methoxy groups -OCH3 is 1. The van der Waals surface area contributed by atoms with Crippen molar-refractivity contribution in [2.75, 3.05) is 47.9 Å². The van der Waals surface area contributed by atoms with Crippen molar-refractivity contribution in [2.24, 2.45) is 0 Å². The zero-order chi connectivity index (χ0) is 17.7. The quantitative estimate of drug-likeness (QED) is 0.753. The molecular weight excluding hydrogens is 326 g/mol. The monoisotopic (exact) mass is 353 g/mol. The number of hydrogen-bond donors (Lipinski definition) is 0. The van der Waals surface area contributed by atoms with Crippen LogP contribution in [-0.4, -0.2) is 74.5 Å². The van der Waals surface area contributed by atoms with Gasteiger partial charge in [-0.2, -0.15) is 0 Å². The summed E-state index contributed by atoms with van der Waals surface area (Å²) in [7, 11) is 7.70. The van der Waals surface area contributed by atoms with Gasteiger partial charge in [0.25, 0.3) is 0 Å². The highest BCUT2D eigenvalue weighted by Crippen LogP contribution is 2.24. The van der Waals surface area contributed by atoms with Crippen LogP contribution < -0.4 is 4.74 Å². The number of carbonyl (C=O) groups excluding carboxylic acids is 1. The number of nitrogens with zero attached hydrogens (tertiary/aromatic N) is 3. The molecule has 0 N–H and O–H groups in total. The third-order valence-electron chi connectivity index (χ3n) is 4.74. The molecular formula is C18H28ClN3O2. The predicted octanol–water partition coefficient (Wildman–Crippen LogP) is 2.33. The molecule has 0 bridgehead atoms. The van der Waals surface area contributed by atoms with E-state index in [9.17, 15) is 4.79 Å². The molecule has 1 aromatic rings. The Morgan fingerprint density at radius 3 is 2.79 bits per heavy atom. The second-order valence-electron chi connectivity index (χ2n) is 6.64. The Bertz CT molecular complexity index is 567. The molecule has 0 spiro atoms. The normalized spacial score (nSPS) is 18.2. The van der Waals surface area contributed by atoms with Crippen molar-refractivity contribution in [3.05, 3.63) is 28.8 Å². The summed E-state index contributed by atoms with van der Waals surface area (Å²) in [5.74, 6) is 0.889. The van der Waals surface area contributed by atoms with Gasteiger partial charge in [-0.3, -0.25) is 4.79 Å². The molecule has 5 nitrogen and oxygen atoms in total. The van der Waals surface area contributed by atoms with Crippen LogP contribution >= 0.6 is 11.6 Å². The van der Waals surface area contributed by atoms with Crippen molar-refractivity contribution in [3.63, 3.8) is 0 Å². The van der Waals surface area contributed by atoms with Crippen LogP contribution in [0.4, 0.5) is 0 Å². The van der Waals surface area contributed by atoms with Gasteiger partial charge in [0, 0.05) is 49.7 Å². The fourth-order valence-electron chi connectivity index (χ4n) is 3.13. The number of hydrogen-bond acceptors (Lipinski definition) is 4. The molecule has 1 amide bonds. The predicted molar refractivity (Wildman–Crippen MR) is 97.6 cm³/mol. The fourth-order valence-corrected chi connectivity index (χ4v) is 3.33. The Hall–Kier alpha value is -1.30. The molecule has 6 heteroatoms. The number of halogens is 1. The second-order valence-corrected chi connectivity index (χ2v) is 7.08. The maximum atomic E-state index is 12.4. The Morgan fingerprint density at radius 2 is 2.17 bits per heavy atom. The minimum atomic E-state index is 0.134. The van der Waals surface area contributed by atoms with Crippen molar-refractivity contribution in [2.45, 2.75) is 25.4 Å². The Kier molecular flexibility index (Phi) is 6.90.